The molecule has 0 saturated heterocycles. The van der Waals surface area contributed by atoms with Gasteiger partial charge in [-0.25, -0.2) is 9.59 Å². The number of esters is 2. The SMILES string of the molecule is COc1cccc(/C=C/C(=O)O[C@H]2CC[C@@]3(C)C(=CC[C@]4(O)[C@@H]3C[C@@H](OC(=O)/C=C(\C)C(C)C)[C@@]3(C)[C@]4(O)CC[C@@]3(O)C(C)=O)C2)c1. The zero-order valence-electron chi connectivity index (χ0n) is 28.7. The number of methoxy groups -OCH3 is 1. The third kappa shape index (κ3) is 5.48. The minimum Gasteiger partial charge on any atom is -0.497 e. The topological polar surface area (TPSA) is 140 Å². The van der Waals surface area contributed by atoms with Gasteiger partial charge >= 0.3 is 11.9 Å². The van der Waals surface area contributed by atoms with Crippen molar-refractivity contribution in [3.05, 3.63) is 59.2 Å². The van der Waals surface area contributed by atoms with Gasteiger partial charge in [-0.05, 0) is 94.4 Å². The number of carbonyl (C=O) groups is 3. The number of Topliss-reactive ketones (excluding diaryl/α,β-unsaturated/α-hetero) is 1. The van der Waals surface area contributed by atoms with Crippen LogP contribution in [0.3, 0.4) is 0 Å². The highest BCUT2D eigenvalue weighted by Crippen LogP contribution is 2.71. The first kappa shape index (κ1) is 35.0. The molecule has 3 N–H and O–H groups in total. The molecular weight excluding hydrogens is 600 g/mol. The largest absolute Gasteiger partial charge is 0.497 e. The number of hydrogen-bond donors (Lipinski definition) is 3. The Kier molecular flexibility index (Phi) is 9.18. The van der Waals surface area contributed by atoms with E-state index < -0.39 is 57.4 Å². The number of hydrogen-bond acceptors (Lipinski definition) is 9. The molecule has 1 aromatic rings. The summed E-state index contributed by atoms with van der Waals surface area (Å²) in [4.78, 5) is 39.1. The quantitative estimate of drug-likeness (QED) is 0.195. The summed E-state index contributed by atoms with van der Waals surface area (Å²) < 4.78 is 17.2. The first-order valence-electron chi connectivity index (χ1n) is 16.7. The maximum absolute atomic E-state index is 13.3. The van der Waals surface area contributed by atoms with Crippen LogP contribution in [-0.2, 0) is 23.9 Å². The fraction of sp³-hybridized carbons (Fsp3) is 0.605. The molecule has 9 heteroatoms. The fourth-order valence-electron chi connectivity index (χ4n) is 9.10. The van der Waals surface area contributed by atoms with Crippen LogP contribution in [0, 0.1) is 22.7 Å². The summed E-state index contributed by atoms with van der Waals surface area (Å²) in [6.07, 6.45) is 6.73. The predicted octanol–water partition coefficient (Wildman–Crippen LogP) is 5.26. The molecule has 0 spiro atoms. The van der Waals surface area contributed by atoms with Gasteiger partial charge in [-0.3, -0.25) is 4.79 Å². The number of benzene rings is 1. The Hall–Kier alpha value is -3.27. The van der Waals surface area contributed by atoms with Gasteiger partial charge < -0.3 is 29.5 Å². The Morgan fingerprint density at radius 3 is 2.38 bits per heavy atom. The van der Waals surface area contributed by atoms with Crippen LogP contribution in [-0.4, -0.2) is 69.2 Å². The molecule has 3 saturated carbocycles. The van der Waals surface area contributed by atoms with E-state index in [-0.39, 0.29) is 37.7 Å². The van der Waals surface area contributed by atoms with E-state index >= 15 is 0 Å². The average Bonchev–Trinajstić information content (AvgIpc) is 3.25. The Labute approximate surface area is 277 Å². The maximum atomic E-state index is 13.3. The molecule has 9 nitrogen and oxygen atoms in total. The number of ether oxygens (including phenoxy) is 3. The highest BCUT2D eigenvalue weighted by molar-refractivity contribution is 5.88. The van der Waals surface area contributed by atoms with E-state index in [4.69, 9.17) is 14.2 Å². The van der Waals surface area contributed by atoms with Crippen molar-refractivity contribution in [1.82, 2.24) is 0 Å². The van der Waals surface area contributed by atoms with Crippen LogP contribution in [0.2, 0.25) is 0 Å². The minimum absolute atomic E-state index is 0.0272. The van der Waals surface area contributed by atoms with Crippen molar-refractivity contribution >= 4 is 23.8 Å². The monoisotopic (exact) mass is 650 g/mol. The molecule has 3 fully saturated rings. The fourth-order valence-corrected chi connectivity index (χ4v) is 9.10. The van der Waals surface area contributed by atoms with Crippen LogP contribution in [0.4, 0.5) is 0 Å². The summed E-state index contributed by atoms with van der Waals surface area (Å²) in [5.41, 5.74) is -5.26. The van der Waals surface area contributed by atoms with E-state index in [1.54, 1.807) is 20.1 Å². The second kappa shape index (κ2) is 12.3. The van der Waals surface area contributed by atoms with Crippen molar-refractivity contribution in [2.75, 3.05) is 7.11 Å². The van der Waals surface area contributed by atoms with Gasteiger partial charge in [0, 0.05) is 24.5 Å². The van der Waals surface area contributed by atoms with E-state index in [2.05, 4.69) is 0 Å². The van der Waals surface area contributed by atoms with E-state index in [9.17, 15) is 29.7 Å². The third-order valence-corrected chi connectivity index (χ3v) is 12.4. The van der Waals surface area contributed by atoms with E-state index in [0.717, 1.165) is 16.7 Å². The zero-order chi connectivity index (χ0) is 34.6. The van der Waals surface area contributed by atoms with Crippen molar-refractivity contribution in [3.63, 3.8) is 0 Å². The summed E-state index contributed by atoms with van der Waals surface area (Å²) in [6, 6.07) is 7.35. The molecule has 256 valence electrons. The number of allylic oxidation sites excluding steroid dienone is 1. The van der Waals surface area contributed by atoms with E-state index in [1.165, 1.54) is 19.1 Å². The number of ketones is 1. The lowest BCUT2D eigenvalue weighted by Crippen LogP contribution is -2.78. The van der Waals surface area contributed by atoms with Crippen LogP contribution in [0.15, 0.2) is 53.6 Å². The van der Waals surface area contributed by atoms with Gasteiger partial charge in [-0.1, -0.05) is 50.1 Å². The molecule has 5 rings (SSSR count). The van der Waals surface area contributed by atoms with Crippen LogP contribution in [0.25, 0.3) is 6.08 Å². The smallest absolute Gasteiger partial charge is 0.331 e. The molecule has 0 radical (unpaired) electrons. The predicted molar refractivity (Wildman–Crippen MR) is 176 cm³/mol. The molecule has 0 amide bonds. The van der Waals surface area contributed by atoms with Crippen molar-refractivity contribution in [2.45, 2.75) is 115 Å². The van der Waals surface area contributed by atoms with Gasteiger partial charge in [0.15, 0.2) is 5.78 Å². The van der Waals surface area contributed by atoms with Gasteiger partial charge in [0.25, 0.3) is 0 Å². The molecule has 8 atom stereocenters. The summed E-state index contributed by atoms with van der Waals surface area (Å²) in [7, 11) is 1.58. The van der Waals surface area contributed by atoms with Crippen LogP contribution in [0.1, 0.15) is 92.1 Å². The first-order valence-corrected chi connectivity index (χ1v) is 16.7. The molecule has 0 heterocycles. The van der Waals surface area contributed by atoms with Gasteiger partial charge in [0.2, 0.25) is 0 Å². The van der Waals surface area contributed by atoms with E-state index in [1.807, 2.05) is 58.0 Å². The Morgan fingerprint density at radius 1 is 1.00 bits per heavy atom. The van der Waals surface area contributed by atoms with Gasteiger partial charge in [-0.15, -0.1) is 0 Å². The molecule has 1 aromatic carbocycles. The Bertz CT molecular complexity index is 1520. The van der Waals surface area contributed by atoms with Crippen molar-refractivity contribution < 1.29 is 43.9 Å². The number of rotatable bonds is 8. The highest BCUT2D eigenvalue weighted by atomic mass is 16.6. The van der Waals surface area contributed by atoms with Crippen molar-refractivity contribution in [2.24, 2.45) is 22.7 Å². The average molecular weight is 651 g/mol. The standard InChI is InChI=1S/C38H50O9/c1-23(2)24(3)19-33(41)47-31-22-30-34(5)15-14-29(46-32(40)12-11-26-9-8-10-28(20-26)45-7)21-27(34)13-16-37(30,43)38(44)18-17-36(42,25(4)39)35(31,38)6/h8-13,19-20,23,29-31,42-44H,14-18,21-22H2,1-7H3/b12-11+,24-19+/t29-,30+,31+,34-,35+,36+,37-,38+/m0/s1. The summed E-state index contributed by atoms with van der Waals surface area (Å²) in [6.45, 7) is 10.7. The number of carbonyl (C=O) groups excluding carboxylic acids is 3. The molecule has 47 heavy (non-hydrogen) atoms. The van der Waals surface area contributed by atoms with Crippen LogP contribution >= 0.6 is 0 Å². The van der Waals surface area contributed by atoms with Crippen LogP contribution < -0.4 is 4.74 Å². The molecule has 0 unspecified atom stereocenters. The third-order valence-electron chi connectivity index (χ3n) is 12.4. The lowest BCUT2D eigenvalue weighted by molar-refractivity contribution is -0.314. The second-order valence-electron chi connectivity index (χ2n) is 14.9. The first-order chi connectivity index (χ1) is 21.9. The van der Waals surface area contributed by atoms with Gasteiger partial charge in [0.1, 0.15) is 34.8 Å². The lowest BCUT2D eigenvalue weighted by atomic mass is 9.42. The molecule has 0 aliphatic heterocycles. The van der Waals surface area contributed by atoms with Crippen molar-refractivity contribution in [1.29, 1.82) is 0 Å². The molecule has 0 bridgehead atoms. The summed E-state index contributed by atoms with van der Waals surface area (Å²) in [5.74, 6) is -1.36. The van der Waals surface area contributed by atoms with Crippen molar-refractivity contribution in [3.8, 4) is 5.75 Å². The summed E-state index contributed by atoms with van der Waals surface area (Å²) in [5, 5.41) is 37.2. The second-order valence-corrected chi connectivity index (χ2v) is 14.9. The molecule has 4 aliphatic rings. The maximum Gasteiger partial charge on any atom is 0.331 e. The molecular formula is C38H50O9. The molecule has 0 aromatic heterocycles. The van der Waals surface area contributed by atoms with Gasteiger partial charge in [-0.2, -0.15) is 0 Å². The van der Waals surface area contributed by atoms with E-state index in [0.29, 0.717) is 25.0 Å². The molecule has 4 aliphatic carbocycles. The normalized spacial score (nSPS) is 38.2. The minimum atomic E-state index is -2.00. The highest BCUT2D eigenvalue weighted by Gasteiger charge is 2.81. The Morgan fingerprint density at radius 2 is 1.72 bits per heavy atom. The number of fused-ring (bicyclic) bond motifs is 5. The number of aliphatic hydroxyl groups is 3. The van der Waals surface area contributed by atoms with Crippen LogP contribution in [0.5, 0.6) is 5.75 Å². The Balaban J connectivity index is 1.43. The van der Waals surface area contributed by atoms with Gasteiger partial charge in [0.05, 0.1) is 12.5 Å². The zero-order valence-corrected chi connectivity index (χ0v) is 28.7. The summed E-state index contributed by atoms with van der Waals surface area (Å²) >= 11 is 0. The lowest BCUT2D eigenvalue weighted by Gasteiger charge is -2.67.